The Labute approximate surface area is 112 Å². The van der Waals surface area contributed by atoms with E-state index in [-0.39, 0.29) is 11.7 Å². The molecule has 2 aromatic rings. The fourth-order valence-electron chi connectivity index (χ4n) is 2.90. The van der Waals surface area contributed by atoms with Crippen molar-refractivity contribution in [1.82, 2.24) is 10.1 Å². The molecule has 19 heavy (non-hydrogen) atoms. The van der Waals surface area contributed by atoms with E-state index < -0.39 is 0 Å². The number of nitrogens with zero attached hydrogens (tertiary/aromatic N) is 1. The van der Waals surface area contributed by atoms with Crippen molar-refractivity contribution in [2.75, 3.05) is 6.54 Å². The van der Waals surface area contributed by atoms with E-state index in [9.17, 15) is 4.79 Å². The minimum absolute atomic E-state index is 0.201. The second-order valence-corrected chi connectivity index (χ2v) is 5.01. The number of H-pyrrole nitrogens is 1. The molecule has 1 aliphatic heterocycles. The first kappa shape index (κ1) is 12.2. The van der Waals surface area contributed by atoms with Gasteiger partial charge in [0.15, 0.2) is 0 Å². The summed E-state index contributed by atoms with van der Waals surface area (Å²) < 4.78 is 4.94. The van der Waals surface area contributed by atoms with Crippen LogP contribution in [0.5, 0.6) is 0 Å². The molecular formula is C15H18N2O2. The van der Waals surface area contributed by atoms with Gasteiger partial charge in [0.25, 0.3) is 0 Å². The molecule has 1 unspecified atom stereocenters. The second-order valence-electron chi connectivity index (χ2n) is 5.01. The fourth-order valence-corrected chi connectivity index (χ4v) is 2.90. The minimum atomic E-state index is -0.201. The van der Waals surface area contributed by atoms with Crippen molar-refractivity contribution in [1.29, 1.82) is 0 Å². The molecule has 0 aliphatic carbocycles. The molecule has 1 aliphatic rings. The van der Waals surface area contributed by atoms with E-state index >= 15 is 0 Å². The monoisotopic (exact) mass is 258 g/mol. The molecule has 1 N–H and O–H groups in total. The van der Waals surface area contributed by atoms with E-state index in [1.807, 2.05) is 6.07 Å². The van der Waals surface area contributed by atoms with Crippen LogP contribution < -0.4 is 5.63 Å². The van der Waals surface area contributed by atoms with E-state index in [4.69, 9.17) is 4.52 Å². The van der Waals surface area contributed by atoms with Crippen LogP contribution in [-0.2, 0) is 13.0 Å². The summed E-state index contributed by atoms with van der Waals surface area (Å²) in [4.78, 5) is 14.0. The van der Waals surface area contributed by atoms with Crippen LogP contribution in [0, 0.1) is 0 Å². The first-order valence-electron chi connectivity index (χ1n) is 6.77. The summed E-state index contributed by atoms with van der Waals surface area (Å²) in [7, 11) is 0. The molecular weight excluding hydrogens is 240 g/mol. The lowest BCUT2D eigenvalue weighted by atomic mass is 9.97. The molecule has 1 aromatic carbocycles. The summed E-state index contributed by atoms with van der Waals surface area (Å²) in [5, 5.41) is 2.81. The van der Waals surface area contributed by atoms with Gasteiger partial charge in [0, 0.05) is 13.1 Å². The standard InChI is InChI=1S/C15H18N2O2/c1-2-13-14-12(15(18)19-16-14)8-9-17(13)10-11-6-4-3-5-7-11/h3-7,13,16H,2,8-10H2,1H3. The van der Waals surface area contributed by atoms with Crippen molar-refractivity contribution in [3.63, 3.8) is 0 Å². The van der Waals surface area contributed by atoms with Gasteiger partial charge in [-0.1, -0.05) is 37.3 Å². The number of aromatic nitrogens is 1. The number of rotatable bonds is 3. The smallest absolute Gasteiger partial charge is 0.338 e. The average molecular weight is 258 g/mol. The van der Waals surface area contributed by atoms with E-state index in [0.717, 1.165) is 37.2 Å². The zero-order valence-electron chi connectivity index (χ0n) is 11.1. The maximum Gasteiger partial charge on any atom is 0.360 e. The fraction of sp³-hybridized carbons (Fsp3) is 0.400. The van der Waals surface area contributed by atoms with Crippen molar-refractivity contribution in [2.45, 2.75) is 32.4 Å². The lowest BCUT2D eigenvalue weighted by molar-refractivity contribution is 0.165. The molecule has 0 amide bonds. The van der Waals surface area contributed by atoms with Gasteiger partial charge in [-0.15, -0.1) is 0 Å². The largest absolute Gasteiger partial charge is 0.360 e. The van der Waals surface area contributed by atoms with Gasteiger partial charge in [0.1, 0.15) is 0 Å². The zero-order chi connectivity index (χ0) is 13.2. The Kier molecular flexibility index (Phi) is 3.25. The third-order valence-electron chi connectivity index (χ3n) is 3.86. The Morgan fingerprint density at radius 2 is 2.16 bits per heavy atom. The normalized spacial score (nSPS) is 19.3. The Bertz CT molecular complexity index is 600. The highest BCUT2D eigenvalue weighted by molar-refractivity contribution is 5.23. The summed E-state index contributed by atoms with van der Waals surface area (Å²) in [5.41, 5.74) is 2.90. The number of hydrogen-bond acceptors (Lipinski definition) is 3. The number of nitrogens with one attached hydrogen (secondary N) is 1. The predicted octanol–water partition coefficient (Wildman–Crippen LogP) is 2.48. The third-order valence-corrected chi connectivity index (χ3v) is 3.86. The topological polar surface area (TPSA) is 49.2 Å². The molecule has 2 heterocycles. The minimum Gasteiger partial charge on any atom is -0.338 e. The van der Waals surface area contributed by atoms with Gasteiger partial charge in [0.2, 0.25) is 0 Å². The molecule has 4 heteroatoms. The van der Waals surface area contributed by atoms with E-state index in [1.165, 1.54) is 5.56 Å². The second kappa shape index (κ2) is 5.05. The van der Waals surface area contributed by atoms with Gasteiger partial charge < -0.3 is 4.52 Å². The van der Waals surface area contributed by atoms with Gasteiger partial charge >= 0.3 is 5.63 Å². The van der Waals surface area contributed by atoms with Crippen LogP contribution in [0.25, 0.3) is 0 Å². The van der Waals surface area contributed by atoms with Gasteiger partial charge in [-0.3, -0.25) is 4.90 Å². The summed E-state index contributed by atoms with van der Waals surface area (Å²) in [6.07, 6.45) is 1.74. The molecule has 0 bridgehead atoms. The maximum atomic E-state index is 11.6. The van der Waals surface area contributed by atoms with Crippen molar-refractivity contribution >= 4 is 0 Å². The van der Waals surface area contributed by atoms with Crippen LogP contribution in [0.2, 0.25) is 0 Å². The zero-order valence-corrected chi connectivity index (χ0v) is 11.1. The van der Waals surface area contributed by atoms with Gasteiger partial charge in [-0.25, -0.2) is 9.95 Å². The average Bonchev–Trinajstić information content (AvgIpc) is 2.82. The van der Waals surface area contributed by atoms with Crippen molar-refractivity contribution in [2.24, 2.45) is 0 Å². The molecule has 0 fully saturated rings. The molecule has 0 saturated carbocycles. The van der Waals surface area contributed by atoms with Crippen LogP contribution in [0.4, 0.5) is 0 Å². The molecule has 0 radical (unpaired) electrons. The number of aromatic amines is 1. The van der Waals surface area contributed by atoms with Crippen LogP contribution in [0.3, 0.4) is 0 Å². The highest BCUT2D eigenvalue weighted by Gasteiger charge is 2.30. The molecule has 1 atom stereocenters. The number of benzene rings is 1. The van der Waals surface area contributed by atoms with Gasteiger partial charge in [-0.05, 0) is 18.4 Å². The lowest BCUT2D eigenvalue weighted by Crippen LogP contribution is -2.35. The van der Waals surface area contributed by atoms with Crippen molar-refractivity contribution in [3.05, 3.63) is 57.6 Å². The summed E-state index contributed by atoms with van der Waals surface area (Å²) in [5.74, 6) is 0. The molecule has 0 spiro atoms. The Balaban J connectivity index is 1.86. The van der Waals surface area contributed by atoms with Gasteiger partial charge in [0.05, 0.1) is 17.3 Å². The Morgan fingerprint density at radius 3 is 2.89 bits per heavy atom. The quantitative estimate of drug-likeness (QED) is 0.920. The van der Waals surface area contributed by atoms with Gasteiger partial charge in [-0.2, -0.15) is 0 Å². The summed E-state index contributed by atoms with van der Waals surface area (Å²) in [6.45, 7) is 3.96. The SMILES string of the molecule is CCC1c2[nH]oc(=O)c2CCN1Cc1ccccc1. The first-order chi connectivity index (χ1) is 9.29. The molecule has 0 saturated heterocycles. The Morgan fingerprint density at radius 1 is 1.37 bits per heavy atom. The number of fused-ring (bicyclic) bond motifs is 1. The van der Waals surface area contributed by atoms with Crippen LogP contribution in [0.15, 0.2) is 39.6 Å². The highest BCUT2D eigenvalue weighted by atomic mass is 16.5. The molecule has 100 valence electrons. The first-order valence-corrected chi connectivity index (χ1v) is 6.77. The van der Waals surface area contributed by atoms with Crippen molar-refractivity contribution < 1.29 is 4.52 Å². The van der Waals surface area contributed by atoms with E-state index in [1.54, 1.807) is 0 Å². The van der Waals surface area contributed by atoms with Crippen molar-refractivity contribution in [3.8, 4) is 0 Å². The molecule has 3 rings (SSSR count). The van der Waals surface area contributed by atoms with Crippen LogP contribution in [-0.4, -0.2) is 16.6 Å². The third kappa shape index (κ3) is 2.24. The van der Waals surface area contributed by atoms with Crippen LogP contribution in [0.1, 0.15) is 36.2 Å². The highest BCUT2D eigenvalue weighted by Crippen LogP contribution is 2.30. The predicted molar refractivity (Wildman–Crippen MR) is 72.9 cm³/mol. The Hall–Kier alpha value is -1.81. The van der Waals surface area contributed by atoms with Crippen LogP contribution >= 0.6 is 0 Å². The van der Waals surface area contributed by atoms with E-state index in [2.05, 4.69) is 41.2 Å². The molecule has 1 aromatic heterocycles. The molecule has 4 nitrogen and oxygen atoms in total. The number of hydrogen-bond donors (Lipinski definition) is 1. The van der Waals surface area contributed by atoms with E-state index in [0.29, 0.717) is 0 Å². The lowest BCUT2D eigenvalue weighted by Gasteiger charge is -2.34. The summed E-state index contributed by atoms with van der Waals surface area (Å²) in [6, 6.07) is 10.7. The summed E-state index contributed by atoms with van der Waals surface area (Å²) >= 11 is 0. The maximum absolute atomic E-state index is 11.6.